The zero-order chi connectivity index (χ0) is 21.0. The zero-order valence-corrected chi connectivity index (χ0v) is 19.7. The number of unbranched alkanes of at least 4 members (excludes halogenated alkanes) is 8. The molecule has 0 aromatic carbocycles. The minimum atomic E-state index is -0.260. The largest absolute Gasteiger partial charge is 0.392 e. The Balaban J connectivity index is 3.98. The van der Waals surface area contributed by atoms with Gasteiger partial charge in [-0.2, -0.15) is 0 Å². The van der Waals surface area contributed by atoms with Crippen molar-refractivity contribution in [3.8, 4) is 0 Å². The smallest absolute Gasteiger partial charge is 0.0667 e. The molecule has 0 rings (SSSR count). The van der Waals surface area contributed by atoms with Crippen molar-refractivity contribution in [2.75, 3.05) is 39.3 Å². The molecule has 0 saturated carbocycles. The number of aliphatic hydroxyl groups is 2. The summed E-state index contributed by atoms with van der Waals surface area (Å²) in [5.41, 5.74) is 0. The maximum atomic E-state index is 10.5. The van der Waals surface area contributed by atoms with E-state index in [4.69, 9.17) is 0 Å². The van der Waals surface area contributed by atoms with E-state index in [1.807, 2.05) is 6.92 Å². The lowest BCUT2D eigenvalue weighted by molar-refractivity contribution is 0.0950. The molecule has 4 nitrogen and oxygen atoms in total. The third-order valence-corrected chi connectivity index (χ3v) is 5.61. The minimum absolute atomic E-state index is 0.184. The Morgan fingerprint density at radius 2 is 1.14 bits per heavy atom. The van der Waals surface area contributed by atoms with E-state index in [2.05, 4.69) is 30.6 Å². The van der Waals surface area contributed by atoms with Crippen LogP contribution in [0.15, 0.2) is 0 Å². The highest BCUT2D eigenvalue weighted by Gasteiger charge is 2.12. The first-order chi connectivity index (χ1) is 13.5. The van der Waals surface area contributed by atoms with Gasteiger partial charge in [-0.05, 0) is 52.4 Å². The van der Waals surface area contributed by atoms with Crippen molar-refractivity contribution in [3.63, 3.8) is 0 Å². The third kappa shape index (κ3) is 17.9. The highest BCUT2D eigenvalue weighted by molar-refractivity contribution is 4.67. The van der Waals surface area contributed by atoms with E-state index < -0.39 is 0 Å². The molecule has 0 radical (unpaired) electrons. The van der Waals surface area contributed by atoms with Crippen LogP contribution >= 0.6 is 0 Å². The molecule has 0 aliphatic carbocycles. The summed E-state index contributed by atoms with van der Waals surface area (Å²) in [4.78, 5) is 4.77. The maximum Gasteiger partial charge on any atom is 0.0667 e. The maximum absolute atomic E-state index is 10.5. The monoisotopic (exact) mass is 400 g/mol. The Bertz CT molecular complexity index is 313. The van der Waals surface area contributed by atoms with Crippen LogP contribution in [0.5, 0.6) is 0 Å². The van der Waals surface area contributed by atoms with Crippen LogP contribution in [-0.4, -0.2) is 71.5 Å². The quantitative estimate of drug-likeness (QED) is 0.264. The van der Waals surface area contributed by atoms with Crippen LogP contribution in [0.2, 0.25) is 0 Å². The van der Waals surface area contributed by atoms with Crippen molar-refractivity contribution < 1.29 is 10.2 Å². The molecule has 0 aromatic rings. The second-order valence-corrected chi connectivity index (χ2v) is 8.67. The third-order valence-electron chi connectivity index (χ3n) is 5.61. The van der Waals surface area contributed by atoms with Crippen LogP contribution in [0.1, 0.15) is 105 Å². The molecule has 4 heteroatoms. The van der Waals surface area contributed by atoms with Crippen LogP contribution in [0.3, 0.4) is 0 Å². The predicted octanol–water partition coefficient (Wildman–Crippen LogP) is 5.07. The van der Waals surface area contributed by atoms with Crippen molar-refractivity contribution in [1.82, 2.24) is 9.80 Å². The summed E-state index contributed by atoms with van der Waals surface area (Å²) in [5.74, 6) is 0. The van der Waals surface area contributed by atoms with Gasteiger partial charge in [0.1, 0.15) is 0 Å². The highest BCUT2D eigenvalue weighted by Crippen LogP contribution is 2.11. The van der Waals surface area contributed by atoms with E-state index in [0.29, 0.717) is 0 Å². The number of hydrogen-bond acceptors (Lipinski definition) is 4. The van der Waals surface area contributed by atoms with Gasteiger partial charge in [0, 0.05) is 13.1 Å². The van der Waals surface area contributed by atoms with Crippen molar-refractivity contribution >= 4 is 0 Å². The van der Waals surface area contributed by atoms with E-state index in [1.165, 1.54) is 57.8 Å². The van der Waals surface area contributed by atoms with Gasteiger partial charge in [0.25, 0.3) is 0 Å². The Kier molecular flexibility index (Phi) is 20.0. The van der Waals surface area contributed by atoms with Crippen LogP contribution < -0.4 is 0 Å². The van der Waals surface area contributed by atoms with E-state index in [0.717, 1.165) is 58.5 Å². The normalized spacial score (nSPS) is 14.1. The van der Waals surface area contributed by atoms with Crippen molar-refractivity contribution in [2.45, 2.75) is 117 Å². The van der Waals surface area contributed by atoms with Gasteiger partial charge in [0.2, 0.25) is 0 Å². The van der Waals surface area contributed by atoms with Gasteiger partial charge in [-0.25, -0.2) is 0 Å². The molecule has 2 unspecified atom stereocenters. The highest BCUT2D eigenvalue weighted by atomic mass is 16.3. The predicted molar refractivity (Wildman–Crippen MR) is 123 cm³/mol. The van der Waals surface area contributed by atoms with Gasteiger partial charge in [0.15, 0.2) is 0 Å². The fraction of sp³-hybridized carbons (Fsp3) is 1.00. The molecular weight excluding hydrogens is 348 g/mol. The molecule has 0 spiro atoms. The molecule has 0 bridgehead atoms. The first-order valence-corrected chi connectivity index (χ1v) is 12.3. The molecular formula is C24H52N2O2. The lowest BCUT2D eigenvalue weighted by atomic mass is 10.1. The van der Waals surface area contributed by atoms with Crippen molar-refractivity contribution in [1.29, 1.82) is 0 Å². The Morgan fingerprint density at radius 1 is 0.607 bits per heavy atom. The molecule has 0 heterocycles. The summed E-state index contributed by atoms with van der Waals surface area (Å²) in [6, 6.07) is 0. The van der Waals surface area contributed by atoms with Gasteiger partial charge in [-0.15, -0.1) is 0 Å². The standard InChI is InChI=1S/C24H52N2O2/c1-5-8-10-11-12-13-14-15-17-24(28)22-26(18-9-6-2)20-16-19-25(7-3)21-23(4)27/h23-24,27-28H,5-22H2,1-4H3. The topological polar surface area (TPSA) is 46.9 Å². The van der Waals surface area contributed by atoms with Crippen LogP contribution in [0, 0.1) is 0 Å². The fourth-order valence-electron chi connectivity index (χ4n) is 3.85. The minimum Gasteiger partial charge on any atom is -0.392 e. The Hall–Kier alpha value is -0.160. The number of likely N-dealkylation sites (N-methyl/N-ethyl adjacent to an activating group) is 1. The summed E-state index contributed by atoms with van der Waals surface area (Å²) >= 11 is 0. The molecule has 0 saturated heterocycles. The SMILES string of the molecule is CCCCCCCCCCC(O)CN(CCCC)CCCN(CC)CC(C)O. The van der Waals surface area contributed by atoms with Gasteiger partial charge in [-0.1, -0.05) is 78.6 Å². The second kappa shape index (κ2) is 20.1. The van der Waals surface area contributed by atoms with E-state index >= 15 is 0 Å². The number of rotatable bonds is 21. The second-order valence-electron chi connectivity index (χ2n) is 8.67. The van der Waals surface area contributed by atoms with Crippen molar-refractivity contribution in [3.05, 3.63) is 0 Å². The molecule has 0 aliphatic heterocycles. The molecule has 2 atom stereocenters. The van der Waals surface area contributed by atoms with Gasteiger partial charge < -0.3 is 20.0 Å². The fourth-order valence-corrected chi connectivity index (χ4v) is 3.85. The van der Waals surface area contributed by atoms with E-state index in [1.54, 1.807) is 0 Å². The first-order valence-electron chi connectivity index (χ1n) is 12.3. The van der Waals surface area contributed by atoms with E-state index in [9.17, 15) is 10.2 Å². The lowest BCUT2D eigenvalue weighted by Gasteiger charge is -2.27. The average molecular weight is 401 g/mol. The lowest BCUT2D eigenvalue weighted by Crippen LogP contribution is -2.37. The summed E-state index contributed by atoms with van der Waals surface area (Å²) in [7, 11) is 0. The average Bonchev–Trinajstić information content (AvgIpc) is 2.66. The number of nitrogens with zero attached hydrogens (tertiary/aromatic N) is 2. The first kappa shape index (κ1) is 27.8. The van der Waals surface area contributed by atoms with Gasteiger partial charge in [-0.3, -0.25) is 0 Å². The summed E-state index contributed by atoms with van der Waals surface area (Å²) in [5, 5.41) is 20.1. The molecule has 2 N–H and O–H groups in total. The summed E-state index contributed by atoms with van der Waals surface area (Å²) < 4.78 is 0. The van der Waals surface area contributed by atoms with Gasteiger partial charge >= 0.3 is 0 Å². The van der Waals surface area contributed by atoms with E-state index in [-0.39, 0.29) is 12.2 Å². The van der Waals surface area contributed by atoms with Crippen molar-refractivity contribution in [2.24, 2.45) is 0 Å². The van der Waals surface area contributed by atoms with Crippen LogP contribution in [0.25, 0.3) is 0 Å². The number of hydrogen-bond donors (Lipinski definition) is 2. The number of aliphatic hydroxyl groups excluding tert-OH is 2. The zero-order valence-electron chi connectivity index (χ0n) is 19.7. The molecule has 0 aliphatic rings. The summed E-state index contributed by atoms with van der Waals surface area (Å²) in [6.45, 7) is 14.2. The van der Waals surface area contributed by atoms with Crippen LogP contribution in [-0.2, 0) is 0 Å². The molecule has 0 amide bonds. The Labute approximate surface area is 176 Å². The molecule has 170 valence electrons. The molecule has 28 heavy (non-hydrogen) atoms. The van der Waals surface area contributed by atoms with Gasteiger partial charge in [0.05, 0.1) is 12.2 Å². The molecule has 0 fully saturated rings. The Morgan fingerprint density at radius 3 is 1.71 bits per heavy atom. The van der Waals surface area contributed by atoms with Crippen LogP contribution in [0.4, 0.5) is 0 Å². The molecule has 0 aromatic heterocycles. The summed E-state index contributed by atoms with van der Waals surface area (Å²) in [6.07, 6.45) is 14.6.